The molecular weight excluding hydrogens is 216 g/mol. The Balaban J connectivity index is 3.03. The lowest BCUT2D eigenvalue weighted by Gasteiger charge is -2.13. The lowest BCUT2D eigenvalue weighted by molar-refractivity contribution is -0.137. The zero-order chi connectivity index (χ0) is 11.6. The van der Waals surface area contributed by atoms with Crippen molar-refractivity contribution in [2.45, 2.75) is 26.2 Å². The highest BCUT2D eigenvalue weighted by atomic mass is 35.5. The van der Waals surface area contributed by atoms with E-state index in [0.29, 0.717) is 5.02 Å². The molecule has 1 atom stereocenters. The number of hydrogen-bond acceptors (Lipinski definition) is 2. The molecule has 1 rings (SSSR count). The van der Waals surface area contributed by atoms with E-state index in [9.17, 15) is 9.90 Å². The van der Waals surface area contributed by atoms with Gasteiger partial charge in [0.15, 0.2) is 0 Å². The first-order valence-electron chi connectivity index (χ1n) is 4.62. The topological polar surface area (TPSA) is 57.5 Å². The molecule has 0 aliphatic carbocycles. The Morgan fingerprint density at radius 2 is 2.13 bits per heavy atom. The molecule has 0 saturated carbocycles. The van der Waals surface area contributed by atoms with Crippen LogP contribution in [-0.2, 0) is 4.79 Å². The smallest absolute Gasteiger partial charge is 0.303 e. The third-order valence-electron chi connectivity index (χ3n) is 2.35. The summed E-state index contributed by atoms with van der Waals surface area (Å²) >= 11 is 5.73. The Bertz CT molecular complexity index is 388. The molecule has 0 bridgehead atoms. The van der Waals surface area contributed by atoms with Crippen molar-refractivity contribution in [2.75, 3.05) is 0 Å². The summed E-state index contributed by atoms with van der Waals surface area (Å²) in [7, 11) is 0. The highest BCUT2D eigenvalue weighted by molar-refractivity contribution is 6.32. The molecule has 0 aliphatic heterocycles. The van der Waals surface area contributed by atoms with Crippen LogP contribution in [0.2, 0.25) is 5.02 Å². The number of rotatable bonds is 3. The maximum absolute atomic E-state index is 10.6. The van der Waals surface area contributed by atoms with Crippen LogP contribution < -0.4 is 0 Å². The van der Waals surface area contributed by atoms with Crippen LogP contribution in [0.15, 0.2) is 12.1 Å². The van der Waals surface area contributed by atoms with E-state index >= 15 is 0 Å². The normalized spacial score (nSPS) is 12.5. The lowest BCUT2D eigenvalue weighted by Crippen LogP contribution is -2.04. The minimum absolute atomic E-state index is 0.00509. The molecule has 1 aromatic rings. The van der Waals surface area contributed by atoms with Gasteiger partial charge in [0.25, 0.3) is 0 Å². The van der Waals surface area contributed by atoms with E-state index in [1.54, 1.807) is 6.07 Å². The molecule has 1 aromatic carbocycles. The van der Waals surface area contributed by atoms with Gasteiger partial charge in [-0.3, -0.25) is 4.79 Å². The number of benzene rings is 1. The summed E-state index contributed by atoms with van der Waals surface area (Å²) in [5, 5.41) is 18.4. The maximum Gasteiger partial charge on any atom is 0.303 e. The number of carboxylic acids is 1. The van der Waals surface area contributed by atoms with Crippen LogP contribution in [0.5, 0.6) is 5.75 Å². The summed E-state index contributed by atoms with van der Waals surface area (Å²) in [6.45, 7) is 3.66. The molecule has 0 heterocycles. The number of hydrogen-bond donors (Lipinski definition) is 2. The number of phenolic OH excluding ortho intramolecular Hbond substituents is 1. The Kier molecular flexibility index (Phi) is 3.58. The van der Waals surface area contributed by atoms with Crippen molar-refractivity contribution in [1.82, 2.24) is 0 Å². The molecule has 4 heteroatoms. The largest absolute Gasteiger partial charge is 0.506 e. The molecule has 3 nitrogen and oxygen atoms in total. The van der Waals surface area contributed by atoms with E-state index in [1.165, 1.54) is 6.07 Å². The van der Waals surface area contributed by atoms with E-state index in [2.05, 4.69) is 0 Å². The molecule has 0 spiro atoms. The fraction of sp³-hybridized carbons (Fsp3) is 0.364. The van der Waals surface area contributed by atoms with Crippen molar-refractivity contribution in [3.8, 4) is 5.75 Å². The van der Waals surface area contributed by atoms with Gasteiger partial charge in [0.1, 0.15) is 5.75 Å². The zero-order valence-corrected chi connectivity index (χ0v) is 9.38. The third-order valence-corrected chi connectivity index (χ3v) is 2.65. The Labute approximate surface area is 93.3 Å². The second-order valence-electron chi connectivity index (χ2n) is 3.66. The molecule has 0 amide bonds. The number of halogens is 1. The first-order chi connectivity index (χ1) is 6.91. The number of aryl methyl sites for hydroxylation is 1. The van der Waals surface area contributed by atoms with Gasteiger partial charge in [-0.25, -0.2) is 0 Å². The van der Waals surface area contributed by atoms with Crippen molar-refractivity contribution >= 4 is 17.6 Å². The quantitative estimate of drug-likeness (QED) is 0.836. The first kappa shape index (κ1) is 11.9. The van der Waals surface area contributed by atoms with E-state index in [-0.39, 0.29) is 18.1 Å². The summed E-state index contributed by atoms with van der Waals surface area (Å²) in [5.41, 5.74) is 1.71. The fourth-order valence-electron chi connectivity index (χ4n) is 1.58. The van der Waals surface area contributed by atoms with E-state index in [4.69, 9.17) is 16.7 Å². The first-order valence-corrected chi connectivity index (χ1v) is 5.00. The van der Waals surface area contributed by atoms with E-state index < -0.39 is 5.97 Å². The van der Waals surface area contributed by atoms with Crippen LogP contribution in [0.3, 0.4) is 0 Å². The molecule has 1 unspecified atom stereocenters. The van der Waals surface area contributed by atoms with Gasteiger partial charge in [-0.15, -0.1) is 0 Å². The van der Waals surface area contributed by atoms with Crippen LogP contribution in [0, 0.1) is 6.92 Å². The summed E-state index contributed by atoms with van der Waals surface area (Å²) in [6, 6.07) is 3.18. The molecular formula is C11H13ClO3. The third kappa shape index (κ3) is 2.86. The van der Waals surface area contributed by atoms with Gasteiger partial charge in [0.05, 0.1) is 11.4 Å². The Hall–Kier alpha value is -1.22. The average molecular weight is 229 g/mol. The van der Waals surface area contributed by atoms with Gasteiger partial charge in [-0.1, -0.05) is 18.5 Å². The van der Waals surface area contributed by atoms with Gasteiger partial charge in [0.2, 0.25) is 0 Å². The minimum atomic E-state index is -0.851. The summed E-state index contributed by atoms with van der Waals surface area (Å²) in [6.07, 6.45) is 0.0436. The van der Waals surface area contributed by atoms with E-state index in [1.807, 2.05) is 13.8 Å². The number of phenols is 1. The molecule has 0 aromatic heterocycles. The maximum atomic E-state index is 10.6. The Morgan fingerprint density at radius 3 is 2.67 bits per heavy atom. The highest BCUT2D eigenvalue weighted by Crippen LogP contribution is 2.31. The molecule has 2 N–H and O–H groups in total. The van der Waals surface area contributed by atoms with Crippen LogP contribution in [-0.4, -0.2) is 16.2 Å². The van der Waals surface area contributed by atoms with Gasteiger partial charge >= 0.3 is 5.97 Å². The highest BCUT2D eigenvalue weighted by Gasteiger charge is 2.14. The molecule has 0 fully saturated rings. The standard InChI is InChI=1S/C11H13ClO3/c1-6-3-9(12)10(13)5-8(6)7(2)4-11(14)15/h3,5,7,13H,4H2,1-2H3,(H,14,15). The van der Waals surface area contributed by atoms with Crippen LogP contribution in [0.1, 0.15) is 30.4 Å². The monoisotopic (exact) mass is 228 g/mol. The van der Waals surface area contributed by atoms with Crippen molar-refractivity contribution in [1.29, 1.82) is 0 Å². The summed E-state index contributed by atoms with van der Waals surface area (Å²) in [5.74, 6) is -0.989. The van der Waals surface area contributed by atoms with Crippen molar-refractivity contribution in [3.05, 3.63) is 28.3 Å². The van der Waals surface area contributed by atoms with Crippen molar-refractivity contribution in [3.63, 3.8) is 0 Å². The molecule has 0 saturated heterocycles. The fourth-order valence-corrected chi connectivity index (χ4v) is 1.80. The van der Waals surface area contributed by atoms with Crippen LogP contribution in [0.4, 0.5) is 0 Å². The predicted octanol–water partition coefficient (Wildman–Crippen LogP) is 2.93. The number of carbonyl (C=O) groups is 1. The van der Waals surface area contributed by atoms with E-state index in [0.717, 1.165) is 11.1 Å². The molecule has 82 valence electrons. The van der Waals surface area contributed by atoms with Gasteiger partial charge in [-0.05, 0) is 36.1 Å². The van der Waals surface area contributed by atoms with Gasteiger partial charge < -0.3 is 10.2 Å². The summed E-state index contributed by atoms with van der Waals surface area (Å²) in [4.78, 5) is 10.6. The molecule has 15 heavy (non-hydrogen) atoms. The SMILES string of the molecule is Cc1cc(Cl)c(O)cc1C(C)CC(=O)O. The molecule has 0 radical (unpaired) electrons. The van der Waals surface area contributed by atoms with Crippen LogP contribution in [0.25, 0.3) is 0 Å². The zero-order valence-electron chi connectivity index (χ0n) is 8.62. The Morgan fingerprint density at radius 1 is 1.53 bits per heavy atom. The van der Waals surface area contributed by atoms with Gasteiger partial charge in [-0.2, -0.15) is 0 Å². The second kappa shape index (κ2) is 4.53. The number of carboxylic acid groups (broad SMARTS) is 1. The number of aromatic hydroxyl groups is 1. The minimum Gasteiger partial charge on any atom is -0.506 e. The van der Waals surface area contributed by atoms with Crippen molar-refractivity contribution < 1.29 is 15.0 Å². The number of aliphatic carboxylic acids is 1. The van der Waals surface area contributed by atoms with Crippen molar-refractivity contribution in [2.24, 2.45) is 0 Å². The second-order valence-corrected chi connectivity index (χ2v) is 4.07. The average Bonchev–Trinajstić information content (AvgIpc) is 2.09. The van der Waals surface area contributed by atoms with Gasteiger partial charge in [0, 0.05) is 0 Å². The lowest BCUT2D eigenvalue weighted by atomic mass is 9.93. The predicted molar refractivity (Wildman–Crippen MR) is 58.5 cm³/mol. The molecule has 0 aliphatic rings. The van der Waals surface area contributed by atoms with Crippen LogP contribution >= 0.6 is 11.6 Å². The summed E-state index contributed by atoms with van der Waals surface area (Å²) < 4.78 is 0.